The minimum Gasteiger partial charge on any atom is -0.356 e. The Hall–Kier alpha value is -1.35. The molecule has 106 valence electrons. The number of nitrogens with one attached hydrogen (secondary N) is 1. The predicted molar refractivity (Wildman–Crippen MR) is 80.3 cm³/mol. The molecule has 3 heteroatoms. The molecule has 1 N–H and O–H groups in total. The second-order valence-electron chi connectivity index (χ2n) is 5.93. The third-order valence-electron chi connectivity index (χ3n) is 3.26. The Kier molecular flexibility index (Phi) is 6.03. The zero-order valence-electron chi connectivity index (χ0n) is 12.6. The Balaban J connectivity index is 2.39. The minimum atomic E-state index is -0.118. The summed E-state index contributed by atoms with van der Waals surface area (Å²) in [5.74, 6) is 0.132. The second-order valence-corrected chi connectivity index (χ2v) is 5.93. The van der Waals surface area contributed by atoms with Gasteiger partial charge in [0, 0.05) is 13.0 Å². The van der Waals surface area contributed by atoms with Crippen molar-refractivity contribution in [3.8, 4) is 0 Å². The normalized spacial score (nSPS) is 11.6. The molecule has 0 aliphatic heterocycles. The van der Waals surface area contributed by atoms with E-state index in [0.29, 0.717) is 6.42 Å². The van der Waals surface area contributed by atoms with Crippen molar-refractivity contribution in [2.75, 3.05) is 27.2 Å². The number of benzene rings is 1. The Morgan fingerprint density at radius 3 is 2.42 bits per heavy atom. The summed E-state index contributed by atoms with van der Waals surface area (Å²) in [5.41, 5.74) is 1.09. The molecule has 0 radical (unpaired) electrons. The zero-order valence-corrected chi connectivity index (χ0v) is 12.6. The average Bonchev–Trinajstić information content (AvgIpc) is 2.35. The summed E-state index contributed by atoms with van der Waals surface area (Å²) < 4.78 is 0. The third-order valence-corrected chi connectivity index (χ3v) is 3.26. The fourth-order valence-electron chi connectivity index (χ4n) is 2.08. The number of carbonyl (C=O) groups is 1. The maximum Gasteiger partial charge on any atom is 0.220 e. The van der Waals surface area contributed by atoms with E-state index in [1.165, 1.54) is 5.56 Å². The molecule has 0 atom stereocenters. The summed E-state index contributed by atoms with van der Waals surface area (Å²) in [5, 5.41) is 3.00. The first kappa shape index (κ1) is 15.7. The number of hydrogen-bond donors (Lipinski definition) is 1. The van der Waals surface area contributed by atoms with Gasteiger partial charge in [0.05, 0.1) is 0 Å². The molecule has 1 rings (SSSR count). The first-order valence-electron chi connectivity index (χ1n) is 6.89. The monoisotopic (exact) mass is 262 g/mol. The van der Waals surface area contributed by atoms with E-state index in [-0.39, 0.29) is 11.3 Å². The fourth-order valence-corrected chi connectivity index (χ4v) is 2.08. The summed E-state index contributed by atoms with van der Waals surface area (Å²) in [6.45, 7) is 5.98. The van der Waals surface area contributed by atoms with Crippen molar-refractivity contribution >= 4 is 5.91 Å². The van der Waals surface area contributed by atoms with Gasteiger partial charge in [0.15, 0.2) is 0 Å². The molecule has 0 unspecified atom stereocenters. The van der Waals surface area contributed by atoms with E-state index in [2.05, 4.69) is 36.2 Å². The lowest BCUT2D eigenvalue weighted by Gasteiger charge is -2.24. The lowest BCUT2D eigenvalue weighted by atomic mass is 9.81. The number of hydrogen-bond acceptors (Lipinski definition) is 2. The number of carbonyl (C=O) groups excluding carboxylic acids is 1. The first-order valence-corrected chi connectivity index (χ1v) is 6.89. The molecular weight excluding hydrogens is 236 g/mol. The summed E-state index contributed by atoms with van der Waals surface area (Å²) in [7, 11) is 4.08. The lowest BCUT2D eigenvalue weighted by Crippen LogP contribution is -2.32. The summed E-state index contributed by atoms with van der Waals surface area (Å²) in [6.07, 6.45) is 1.52. The van der Waals surface area contributed by atoms with Gasteiger partial charge in [-0.3, -0.25) is 4.79 Å². The van der Waals surface area contributed by atoms with Gasteiger partial charge >= 0.3 is 0 Å². The standard InChI is InChI=1S/C16H26N2O/c1-16(2,14-9-6-5-7-10-14)13-15(19)17-11-8-12-18(3)4/h5-7,9-10H,8,11-13H2,1-4H3,(H,17,19). The molecule has 0 saturated carbocycles. The van der Waals surface area contributed by atoms with E-state index in [4.69, 9.17) is 0 Å². The smallest absolute Gasteiger partial charge is 0.220 e. The van der Waals surface area contributed by atoms with E-state index < -0.39 is 0 Å². The topological polar surface area (TPSA) is 32.3 Å². The van der Waals surface area contributed by atoms with Crippen LogP contribution in [0.4, 0.5) is 0 Å². The van der Waals surface area contributed by atoms with Gasteiger partial charge in [-0.25, -0.2) is 0 Å². The molecule has 0 bridgehead atoms. The first-order chi connectivity index (χ1) is 8.92. The molecule has 19 heavy (non-hydrogen) atoms. The predicted octanol–water partition coefficient (Wildman–Crippen LogP) is 2.42. The van der Waals surface area contributed by atoms with Crippen molar-refractivity contribution in [3.05, 3.63) is 35.9 Å². The molecule has 3 nitrogen and oxygen atoms in total. The van der Waals surface area contributed by atoms with Crippen molar-refractivity contribution in [1.82, 2.24) is 10.2 Å². The van der Waals surface area contributed by atoms with Gasteiger partial charge in [-0.1, -0.05) is 44.2 Å². The Morgan fingerprint density at radius 2 is 1.84 bits per heavy atom. The van der Waals surface area contributed by atoms with Crippen LogP contribution >= 0.6 is 0 Å². The summed E-state index contributed by atoms with van der Waals surface area (Å²) in [6, 6.07) is 10.2. The SMILES string of the molecule is CN(C)CCCNC(=O)CC(C)(C)c1ccccc1. The molecule has 0 fully saturated rings. The van der Waals surface area contributed by atoms with Gasteiger partial charge in [-0.2, -0.15) is 0 Å². The van der Waals surface area contributed by atoms with Gasteiger partial charge in [0.25, 0.3) is 0 Å². The largest absolute Gasteiger partial charge is 0.356 e. The van der Waals surface area contributed by atoms with Crippen molar-refractivity contribution in [2.24, 2.45) is 0 Å². The molecule has 0 aliphatic rings. The van der Waals surface area contributed by atoms with Crippen LogP contribution < -0.4 is 5.32 Å². The third kappa shape index (κ3) is 5.88. The van der Waals surface area contributed by atoms with Gasteiger partial charge in [-0.15, -0.1) is 0 Å². The van der Waals surface area contributed by atoms with E-state index in [9.17, 15) is 4.79 Å². The highest BCUT2D eigenvalue weighted by molar-refractivity contribution is 5.77. The molecule has 1 aromatic carbocycles. The molecule has 0 aliphatic carbocycles. The van der Waals surface area contributed by atoms with Crippen LogP contribution in [0.15, 0.2) is 30.3 Å². The van der Waals surface area contributed by atoms with Crippen LogP contribution in [-0.4, -0.2) is 38.0 Å². The highest BCUT2D eigenvalue weighted by Gasteiger charge is 2.23. The maximum absolute atomic E-state index is 12.0. The molecule has 1 aromatic rings. The van der Waals surface area contributed by atoms with Crippen LogP contribution in [0.25, 0.3) is 0 Å². The van der Waals surface area contributed by atoms with Crippen LogP contribution in [0.2, 0.25) is 0 Å². The molecule has 0 spiro atoms. The van der Waals surface area contributed by atoms with Gasteiger partial charge < -0.3 is 10.2 Å². The van der Waals surface area contributed by atoms with E-state index in [1.54, 1.807) is 0 Å². The molecule has 0 aromatic heterocycles. The van der Waals surface area contributed by atoms with Crippen LogP contribution in [0, 0.1) is 0 Å². The average molecular weight is 262 g/mol. The van der Waals surface area contributed by atoms with Crippen molar-refractivity contribution in [1.29, 1.82) is 0 Å². The maximum atomic E-state index is 12.0. The summed E-state index contributed by atoms with van der Waals surface area (Å²) >= 11 is 0. The van der Waals surface area contributed by atoms with E-state index in [0.717, 1.165) is 19.5 Å². The van der Waals surface area contributed by atoms with Crippen LogP contribution in [0.5, 0.6) is 0 Å². The van der Waals surface area contributed by atoms with Gasteiger partial charge in [0.1, 0.15) is 0 Å². The van der Waals surface area contributed by atoms with Gasteiger partial charge in [-0.05, 0) is 38.0 Å². The van der Waals surface area contributed by atoms with Crippen LogP contribution in [0.3, 0.4) is 0 Å². The number of rotatable bonds is 7. The van der Waals surface area contributed by atoms with Crippen LogP contribution in [0.1, 0.15) is 32.3 Å². The quantitative estimate of drug-likeness (QED) is 0.765. The highest BCUT2D eigenvalue weighted by Crippen LogP contribution is 2.26. The van der Waals surface area contributed by atoms with Crippen molar-refractivity contribution in [2.45, 2.75) is 32.1 Å². The van der Waals surface area contributed by atoms with Crippen LogP contribution in [-0.2, 0) is 10.2 Å². The van der Waals surface area contributed by atoms with E-state index in [1.807, 2.05) is 32.3 Å². The molecule has 1 amide bonds. The number of amides is 1. The Morgan fingerprint density at radius 1 is 1.21 bits per heavy atom. The summed E-state index contributed by atoms with van der Waals surface area (Å²) in [4.78, 5) is 14.1. The fraction of sp³-hybridized carbons (Fsp3) is 0.562. The minimum absolute atomic E-state index is 0.118. The zero-order chi connectivity index (χ0) is 14.3. The van der Waals surface area contributed by atoms with Crippen molar-refractivity contribution < 1.29 is 4.79 Å². The lowest BCUT2D eigenvalue weighted by molar-refractivity contribution is -0.122. The molecule has 0 heterocycles. The Labute approximate surface area is 117 Å². The molecule has 0 saturated heterocycles. The Bertz CT molecular complexity index is 385. The van der Waals surface area contributed by atoms with Gasteiger partial charge in [0.2, 0.25) is 5.91 Å². The second kappa shape index (κ2) is 7.29. The number of nitrogens with zero attached hydrogens (tertiary/aromatic N) is 1. The highest BCUT2D eigenvalue weighted by atomic mass is 16.1. The molecular formula is C16H26N2O. The van der Waals surface area contributed by atoms with E-state index >= 15 is 0 Å². The van der Waals surface area contributed by atoms with Crippen molar-refractivity contribution in [3.63, 3.8) is 0 Å².